The van der Waals surface area contributed by atoms with Crippen LogP contribution < -0.4 is 0 Å². The number of aryl methyl sites for hydroxylation is 1. The van der Waals surface area contributed by atoms with E-state index in [0.717, 1.165) is 11.1 Å². The molecule has 0 aromatic heterocycles. The quantitative estimate of drug-likeness (QED) is 0.735. The van der Waals surface area contributed by atoms with Crippen LogP contribution >= 0.6 is 11.6 Å². The Balaban J connectivity index is 2.95. The van der Waals surface area contributed by atoms with Gasteiger partial charge in [-0.05, 0) is 24.1 Å². The SMILES string of the molecule is Cc1cccc(Cl)c1CC(O)C#N. The highest BCUT2D eigenvalue weighted by atomic mass is 35.5. The van der Waals surface area contributed by atoms with Crippen molar-refractivity contribution in [2.24, 2.45) is 0 Å². The van der Waals surface area contributed by atoms with Crippen molar-refractivity contribution in [1.82, 2.24) is 0 Å². The van der Waals surface area contributed by atoms with Gasteiger partial charge in [0.1, 0.15) is 6.10 Å². The molecule has 1 N–H and O–H groups in total. The summed E-state index contributed by atoms with van der Waals surface area (Å²) < 4.78 is 0. The van der Waals surface area contributed by atoms with Crippen LogP contribution in [-0.2, 0) is 6.42 Å². The van der Waals surface area contributed by atoms with Crippen molar-refractivity contribution >= 4 is 11.6 Å². The molecule has 13 heavy (non-hydrogen) atoms. The summed E-state index contributed by atoms with van der Waals surface area (Å²) in [5.74, 6) is 0. The lowest BCUT2D eigenvalue weighted by molar-refractivity contribution is 0.230. The van der Waals surface area contributed by atoms with E-state index in [9.17, 15) is 0 Å². The van der Waals surface area contributed by atoms with Gasteiger partial charge < -0.3 is 5.11 Å². The topological polar surface area (TPSA) is 44.0 Å². The second kappa shape index (κ2) is 4.27. The molecule has 0 saturated carbocycles. The number of aliphatic hydroxyl groups is 1. The van der Waals surface area contributed by atoms with E-state index in [-0.39, 0.29) is 0 Å². The van der Waals surface area contributed by atoms with E-state index < -0.39 is 6.10 Å². The molecule has 1 aromatic carbocycles. The Hall–Kier alpha value is -1.04. The van der Waals surface area contributed by atoms with Crippen molar-refractivity contribution < 1.29 is 5.11 Å². The largest absolute Gasteiger partial charge is 0.378 e. The van der Waals surface area contributed by atoms with Gasteiger partial charge in [-0.3, -0.25) is 0 Å². The van der Waals surface area contributed by atoms with E-state index >= 15 is 0 Å². The van der Waals surface area contributed by atoms with Crippen LogP contribution in [0.1, 0.15) is 11.1 Å². The van der Waals surface area contributed by atoms with Crippen LogP contribution in [0.3, 0.4) is 0 Å². The first-order chi connectivity index (χ1) is 6.15. The van der Waals surface area contributed by atoms with Gasteiger partial charge in [-0.15, -0.1) is 0 Å². The summed E-state index contributed by atoms with van der Waals surface area (Å²) >= 11 is 5.91. The molecule has 0 fully saturated rings. The second-order valence-electron chi connectivity index (χ2n) is 2.88. The Morgan fingerprint density at radius 3 is 2.85 bits per heavy atom. The Morgan fingerprint density at radius 2 is 2.31 bits per heavy atom. The van der Waals surface area contributed by atoms with E-state index in [1.54, 1.807) is 12.1 Å². The number of nitriles is 1. The maximum atomic E-state index is 9.14. The average Bonchev–Trinajstić information content (AvgIpc) is 2.11. The first-order valence-electron chi connectivity index (χ1n) is 3.97. The lowest BCUT2D eigenvalue weighted by atomic mass is 10.0. The molecule has 1 atom stereocenters. The molecule has 3 heteroatoms. The third-order valence-electron chi connectivity index (χ3n) is 1.90. The van der Waals surface area contributed by atoms with Crippen LogP contribution in [0.25, 0.3) is 0 Å². The Kier molecular flexibility index (Phi) is 3.30. The van der Waals surface area contributed by atoms with Crippen molar-refractivity contribution in [3.05, 3.63) is 34.3 Å². The Labute approximate surface area is 82.4 Å². The summed E-state index contributed by atoms with van der Waals surface area (Å²) in [6, 6.07) is 7.28. The van der Waals surface area contributed by atoms with E-state index in [1.165, 1.54) is 0 Å². The summed E-state index contributed by atoms with van der Waals surface area (Å²) in [7, 11) is 0. The van der Waals surface area contributed by atoms with E-state index in [2.05, 4.69) is 0 Å². The van der Waals surface area contributed by atoms with Crippen LogP contribution in [0.5, 0.6) is 0 Å². The number of aliphatic hydroxyl groups excluding tert-OH is 1. The molecule has 0 saturated heterocycles. The van der Waals surface area contributed by atoms with Gasteiger partial charge in [0.2, 0.25) is 0 Å². The van der Waals surface area contributed by atoms with Gasteiger partial charge in [0.25, 0.3) is 0 Å². The predicted octanol–water partition coefficient (Wildman–Crippen LogP) is 2.08. The van der Waals surface area contributed by atoms with Crippen LogP contribution in [0, 0.1) is 18.3 Å². The van der Waals surface area contributed by atoms with Crippen molar-refractivity contribution in [3.63, 3.8) is 0 Å². The van der Waals surface area contributed by atoms with Crippen molar-refractivity contribution in [3.8, 4) is 6.07 Å². The fourth-order valence-corrected chi connectivity index (χ4v) is 1.46. The van der Waals surface area contributed by atoms with Crippen LogP contribution in [0.2, 0.25) is 5.02 Å². The molecule has 0 amide bonds. The second-order valence-corrected chi connectivity index (χ2v) is 3.29. The van der Waals surface area contributed by atoms with Gasteiger partial charge >= 0.3 is 0 Å². The van der Waals surface area contributed by atoms with Crippen LogP contribution in [0.15, 0.2) is 18.2 Å². The lowest BCUT2D eigenvalue weighted by Gasteiger charge is -2.08. The van der Waals surface area contributed by atoms with E-state index in [0.29, 0.717) is 11.4 Å². The molecule has 0 heterocycles. The summed E-state index contributed by atoms with van der Waals surface area (Å²) in [5.41, 5.74) is 1.85. The van der Waals surface area contributed by atoms with Gasteiger partial charge in [-0.2, -0.15) is 5.26 Å². The Morgan fingerprint density at radius 1 is 1.62 bits per heavy atom. The highest BCUT2D eigenvalue weighted by Gasteiger charge is 2.08. The summed E-state index contributed by atoms with van der Waals surface area (Å²) in [6.07, 6.45) is -0.680. The van der Waals surface area contributed by atoms with Gasteiger partial charge in [0, 0.05) is 11.4 Å². The molecule has 1 rings (SSSR count). The monoisotopic (exact) mass is 195 g/mol. The zero-order valence-electron chi connectivity index (χ0n) is 7.29. The number of hydrogen-bond donors (Lipinski definition) is 1. The van der Waals surface area contributed by atoms with Gasteiger partial charge in [-0.25, -0.2) is 0 Å². The molecule has 1 aromatic rings. The van der Waals surface area contributed by atoms with Crippen molar-refractivity contribution in [2.75, 3.05) is 0 Å². The molecule has 0 radical (unpaired) electrons. The minimum Gasteiger partial charge on any atom is -0.378 e. The molecule has 0 spiro atoms. The first kappa shape index (κ1) is 10.0. The Bertz CT molecular complexity index is 323. The molecule has 68 valence electrons. The number of benzene rings is 1. The fourth-order valence-electron chi connectivity index (χ4n) is 1.16. The summed E-state index contributed by atoms with van der Waals surface area (Å²) in [6.45, 7) is 1.91. The normalized spacial score (nSPS) is 12.2. The van der Waals surface area contributed by atoms with Gasteiger partial charge in [0.15, 0.2) is 0 Å². The molecule has 0 aliphatic heterocycles. The maximum Gasteiger partial charge on any atom is 0.144 e. The molecule has 0 aliphatic carbocycles. The van der Waals surface area contributed by atoms with Gasteiger partial charge in [0.05, 0.1) is 6.07 Å². The van der Waals surface area contributed by atoms with Crippen LogP contribution in [0.4, 0.5) is 0 Å². The molecule has 0 aliphatic rings. The predicted molar refractivity (Wildman–Crippen MR) is 51.5 cm³/mol. The number of halogens is 1. The fraction of sp³-hybridized carbons (Fsp3) is 0.300. The molecule has 2 nitrogen and oxygen atoms in total. The van der Waals surface area contributed by atoms with Crippen molar-refractivity contribution in [1.29, 1.82) is 5.26 Å². The number of rotatable bonds is 2. The standard InChI is InChI=1S/C10H10ClNO/c1-7-3-2-4-10(11)9(7)5-8(13)6-12/h2-4,8,13H,5H2,1H3. The summed E-state index contributed by atoms with van der Waals surface area (Å²) in [4.78, 5) is 0. The molecular formula is C10H10ClNO. The maximum absolute atomic E-state index is 9.14. The average molecular weight is 196 g/mol. The van der Waals surface area contributed by atoms with E-state index in [4.69, 9.17) is 22.0 Å². The van der Waals surface area contributed by atoms with E-state index in [1.807, 2.05) is 19.1 Å². The number of nitrogens with zero attached hydrogens (tertiary/aromatic N) is 1. The summed E-state index contributed by atoms with van der Waals surface area (Å²) in [5, 5.41) is 18.2. The minimum atomic E-state index is -0.974. The first-order valence-corrected chi connectivity index (χ1v) is 4.34. The molecular weight excluding hydrogens is 186 g/mol. The third-order valence-corrected chi connectivity index (χ3v) is 2.25. The smallest absolute Gasteiger partial charge is 0.144 e. The van der Waals surface area contributed by atoms with Crippen molar-refractivity contribution in [2.45, 2.75) is 19.4 Å². The lowest BCUT2D eigenvalue weighted by Crippen LogP contribution is -2.08. The van der Waals surface area contributed by atoms with Gasteiger partial charge in [-0.1, -0.05) is 23.7 Å². The highest BCUT2D eigenvalue weighted by molar-refractivity contribution is 6.31. The molecule has 0 bridgehead atoms. The highest BCUT2D eigenvalue weighted by Crippen LogP contribution is 2.20. The number of hydrogen-bond acceptors (Lipinski definition) is 2. The minimum absolute atomic E-state index is 0.294. The zero-order chi connectivity index (χ0) is 9.84. The third kappa shape index (κ3) is 2.45. The molecule has 1 unspecified atom stereocenters. The zero-order valence-corrected chi connectivity index (χ0v) is 8.04. The van der Waals surface area contributed by atoms with Crippen LogP contribution in [-0.4, -0.2) is 11.2 Å².